The van der Waals surface area contributed by atoms with Gasteiger partial charge >= 0.3 is 0 Å². The summed E-state index contributed by atoms with van der Waals surface area (Å²) in [5.41, 5.74) is 0.673. The maximum absolute atomic E-state index is 12.2. The number of rotatable bonds is 3. The Bertz CT molecular complexity index is 714. The molecule has 100 valence electrons. The summed E-state index contributed by atoms with van der Waals surface area (Å²) in [4.78, 5) is 0.125. The molecule has 2 aromatic carbocycles. The van der Waals surface area contributed by atoms with Gasteiger partial charge in [0.25, 0.3) is 10.0 Å². The van der Waals surface area contributed by atoms with Gasteiger partial charge in [0.1, 0.15) is 5.75 Å². The van der Waals surface area contributed by atoms with Crippen molar-refractivity contribution in [3.05, 3.63) is 53.1 Å². The Hall–Kier alpha value is -1.72. The Labute approximate surface area is 116 Å². The summed E-state index contributed by atoms with van der Waals surface area (Å²) < 4.78 is 26.8. The largest absolute Gasteiger partial charge is 0.506 e. The van der Waals surface area contributed by atoms with Gasteiger partial charge in [0.05, 0.1) is 10.6 Å². The van der Waals surface area contributed by atoms with Crippen molar-refractivity contribution in [2.24, 2.45) is 0 Å². The van der Waals surface area contributed by atoms with Crippen molar-refractivity contribution in [1.82, 2.24) is 0 Å². The van der Waals surface area contributed by atoms with Crippen LogP contribution in [0.15, 0.2) is 47.4 Å². The lowest BCUT2D eigenvalue weighted by atomic mass is 10.2. The van der Waals surface area contributed by atoms with Crippen molar-refractivity contribution in [1.29, 1.82) is 0 Å². The molecule has 0 fully saturated rings. The van der Waals surface area contributed by atoms with E-state index in [1.807, 2.05) is 0 Å². The molecule has 4 nitrogen and oxygen atoms in total. The third-order valence-electron chi connectivity index (χ3n) is 2.57. The summed E-state index contributed by atoms with van der Waals surface area (Å²) in [6, 6.07) is 10.6. The first-order chi connectivity index (χ1) is 8.90. The monoisotopic (exact) mass is 297 g/mol. The lowest BCUT2D eigenvalue weighted by Gasteiger charge is -2.11. The van der Waals surface area contributed by atoms with Crippen LogP contribution in [0.4, 0.5) is 5.69 Å². The van der Waals surface area contributed by atoms with Crippen molar-refractivity contribution in [3.63, 3.8) is 0 Å². The van der Waals surface area contributed by atoms with Gasteiger partial charge in [-0.3, -0.25) is 4.72 Å². The maximum Gasteiger partial charge on any atom is 0.262 e. The van der Waals surface area contributed by atoms with E-state index in [2.05, 4.69) is 4.72 Å². The third kappa shape index (κ3) is 3.00. The van der Waals surface area contributed by atoms with Gasteiger partial charge in [0.15, 0.2) is 0 Å². The van der Waals surface area contributed by atoms with Crippen LogP contribution < -0.4 is 4.72 Å². The molecule has 2 N–H and O–H groups in total. The Balaban J connectivity index is 2.41. The van der Waals surface area contributed by atoms with Crippen LogP contribution in [0.2, 0.25) is 5.02 Å². The van der Waals surface area contributed by atoms with Crippen LogP contribution in [0, 0.1) is 6.92 Å². The summed E-state index contributed by atoms with van der Waals surface area (Å²) in [5, 5.41) is 10.1. The van der Waals surface area contributed by atoms with E-state index in [0.29, 0.717) is 10.6 Å². The van der Waals surface area contributed by atoms with E-state index in [-0.39, 0.29) is 16.3 Å². The van der Waals surface area contributed by atoms with Crippen molar-refractivity contribution in [3.8, 4) is 5.75 Å². The number of aryl methyl sites for hydroxylation is 1. The molecule has 0 aromatic heterocycles. The molecule has 2 aromatic rings. The highest BCUT2D eigenvalue weighted by Crippen LogP contribution is 2.26. The van der Waals surface area contributed by atoms with Gasteiger partial charge in [0.2, 0.25) is 0 Å². The summed E-state index contributed by atoms with van der Waals surface area (Å²) in [7, 11) is -3.75. The highest BCUT2D eigenvalue weighted by atomic mass is 35.5. The fourth-order valence-corrected chi connectivity index (χ4v) is 3.20. The SMILES string of the molecule is Cc1cc(Cl)ccc1S(=O)(=O)Nc1ccccc1O. The van der Waals surface area contributed by atoms with Gasteiger partial charge in [-0.2, -0.15) is 0 Å². The molecule has 0 saturated carbocycles. The van der Waals surface area contributed by atoms with Crippen LogP contribution in [0.1, 0.15) is 5.56 Å². The average molecular weight is 298 g/mol. The Morgan fingerprint density at radius 3 is 2.47 bits per heavy atom. The summed E-state index contributed by atoms with van der Waals surface area (Å²) in [5.74, 6) is -0.127. The minimum absolute atomic E-state index is 0.125. The normalized spacial score (nSPS) is 11.3. The van der Waals surface area contributed by atoms with Gasteiger partial charge in [0, 0.05) is 5.02 Å². The molecule has 0 saturated heterocycles. The van der Waals surface area contributed by atoms with Crippen molar-refractivity contribution >= 4 is 27.3 Å². The van der Waals surface area contributed by atoms with E-state index in [0.717, 1.165) is 0 Å². The van der Waals surface area contributed by atoms with Crippen LogP contribution in [-0.4, -0.2) is 13.5 Å². The molecule has 0 aliphatic carbocycles. The van der Waals surface area contributed by atoms with E-state index in [4.69, 9.17) is 11.6 Å². The molecule has 0 amide bonds. The molecule has 0 unspecified atom stereocenters. The molecule has 0 aliphatic heterocycles. The van der Waals surface area contributed by atoms with Crippen LogP contribution in [0.25, 0.3) is 0 Å². The van der Waals surface area contributed by atoms with Gasteiger partial charge in [-0.15, -0.1) is 0 Å². The predicted octanol–water partition coefficient (Wildman–Crippen LogP) is 3.15. The van der Waals surface area contributed by atoms with E-state index in [1.165, 1.54) is 24.3 Å². The Morgan fingerprint density at radius 1 is 1.16 bits per heavy atom. The molecule has 0 bridgehead atoms. The molecule has 6 heteroatoms. The fraction of sp³-hybridized carbons (Fsp3) is 0.0769. The molecule has 19 heavy (non-hydrogen) atoms. The molecular formula is C13H12ClNO3S. The minimum atomic E-state index is -3.75. The number of phenolic OH excluding ortho intramolecular Hbond substituents is 1. The standard InChI is InChI=1S/C13H12ClNO3S/c1-9-8-10(14)6-7-13(9)19(17,18)15-11-4-2-3-5-12(11)16/h2-8,15-16H,1H3. The van der Waals surface area contributed by atoms with E-state index in [9.17, 15) is 13.5 Å². The quantitative estimate of drug-likeness (QED) is 0.855. The number of anilines is 1. The van der Waals surface area contributed by atoms with E-state index < -0.39 is 10.0 Å². The van der Waals surface area contributed by atoms with Gasteiger partial charge < -0.3 is 5.11 Å². The van der Waals surface area contributed by atoms with E-state index in [1.54, 1.807) is 25.1 Å². The van der Waals surface area contributed by atoms with E-state index >= 15 is 0 Å². The maximum atomic E-state index is 12.2. The summed E-state index contributed by atoms with van der Waals surface area (Å²) in [6.45, 7) is 1.66. The van der Waals surface area contributed by atoms with Gasteiger partial charge in [-0.05, 0) is 42.8 Å². The van der Waals surface area contributed by atoms with Crippen molar-refractivity contribution in [2.75, 3.05) is 4.72 Å². The highest BCUT2D eigenvalue weighted by molar-refractivity contribution is 7.92. The minimum Gasteiger partial charge on any atom is -0.506 e. The fourth-order valence-electron chi connectivity index (χ4n) is 1.67. The number of phenols is 1. The van der Waals surface area contributed by atoms with Crippen molar-refractivity contribution < 1.29 is 13.5 Å². The zero-order valence-electron chi connectivity index (χ0n) is 10.1. The lowest BCUT2D eigenvalue weighted by molar-refractivity contribution is 0.477. The van der Waals surface area contributed by atoms with Crippen LogP contribution in [0.3, 0.4) is 0 Å². The lowest BCUT2D eigenvalue weighted by Crippen LogP contribution is -2.14. The zero-order valence-corrected chi connectivity index (χ0v) is 11.7. The first kappa shape index (κ1) is 13.7. The third-order valence-corrected chi connectivity index (χ3v) is 4.34. The number of hydrogen-bond donors (Lipinski definition) is 2. The molecule has 0 spiro atoms. The summed E-state index contributed by atoms with van der Waals surface area (Å²) in [6.07, 6.45) is 0. The molecular weight excluding hydrogens is 286 g/mol. The molecule has 0 aliphatic rings. The summed E-state index contributed by atoms with van der Waals surface area (Å²) >= 11 is 5.80. The molecule has 0 atom stereocenters. The zero-order chi connectivity index (χ0) is 14.0. The van der Waals surface area contributed by atoms with Crippen molar-refractivity contribution in [2.45, 2.75) is 11.8 Å². The first-order valence-electron chi connectivity index (χ1n) is 5.47. The second kappa shape index (κ2) is 5.11. The highest BCUT2D eigenvalue weighted by Gasteiger charge is 2.18. The predicted molar refractivity (Wildman–Crippen MR) is 75.1 cm³/mol. The smallest absolute Gasteiger partial charge is 0.262 e. The number of benzene rings is 2. The van der Waals surface area contributed by atoms with Gasteiger partial charge in [-0.1, -0.05) is 23.7 Å². The molecule has 0 heterocycles. The molecule has 2 rings (SSSR count). The molecule has 0 radical (unpaired) electrons. The van der Waals surface area contributed by atoms with Gasteiger partial charge in [-0.25, -0.2) is 8.42 Å². The van der Waals surface area contributed by atoms with Crippen LogP contribution >= 0.6 is 11.6 Å². The number of aromatic hydroxyl groups is 1. The number of sulfonamides is 1. The average Bonchev–Trinajstić information content (AvgIpc) is 2.31. The van der Waals surface area contributed by atoms with Crippen LogP contribution in [-0.2, 0) is 10.0 Å². The number of halogens is 1. The number of para-hydroxylation sites is 2. The first-order valence-corrected chi connectivity index (χ1v) is 7.33. The number of hydrogen-bond acceptors (Lipinski definition) is 3. The topological polar surface area (TPSA) is 66.4 Å². The Kier molecular flexibility index (Phi) is 3.68. The van der Waals surface area contributed by atoms with Crippen LogP contribution in [0.5, 0.6) is 5.75 Å². The second-order valence-electron chi connectivity index (χ2n) is 4.03. The second-order valence-corrected chi connectivity index (χ2v) is 6.12. The number of nitrogens with one attached hydrogen (secondary N) is 1. The Morgan fingerprint density at radius 2 is 1.84 bits per heavy atom.